The lowest BCUT2D eigenvalue weighted by Gasteiger charge is -2.09. The van der Waals surface area contributed by atoms with Crippen molar-refractivity contribution in [2.45, 2.75) is 6.42 Å². The highest BCUT2D eigenvalue weighted by Gasteiger charge is 2.12. The second-order valence-corrected chi connectivity index (χ2v) is 6.06. The van der Waals surface area contributed by atoms with E-state index in [2.05, 4.69) is 5.32 Å². The van der Waals surface area contributed by atoms with Gasteiger partial charge in [-0.2, -0.15) is 0 Å². The summed E-state index contributed by atoms with van der Waals surface area (Å²) in [6.45, 7) is -0.447. The third-order valence-electron chi connectivity index (χ3n) is 3.78. The Hall–Kier alpha value is -2.92. The van der Waals surface area contributed by atoms with Crippen LogP contribution in [-0.4, -0.2) is 18.5 Å². The normalized spacial score (nSPS) is 10.5. The summed E-state index contributed by atoms with van der Waals surface area (Å²) in [5.41, 5.74) is 1.08. The van der Waals surface area contributed by atoms with Crippen molar-refractivity contribution >= 4 is 39.9 Å². The lowest BCUT2D eigenvalue weighted by Crippen LogP contribution is -2.21. The van der Waals surface area contributed by atoms with E-state index < -0.39 is 24.3 Å². The van der Waals surface area contributed by atoms with Crippen LogP contribution in [0.5, 0.6) is 0 Å². The first-order valence-corrected chi connectivity index (χ1v) is 8.28. The number of hydrogen-bond acceptors (Lipinski definition) is 3. The predicted molar refractivity (Wildman–Crippen MR) is 98.7 cm³/mol. The summed E-state index contributed by atoms with van der Waals surface area (Å²) < 4.78 is 18.0. The Bertz CT molecular complexity index is 969. The number of hydrogen-bond donors (Lipinski definition) is 1. The molecule has 3 aromatic carbocycles. The van der Waals surface area contributed by atoms with Crippen LogP contribution in [0.25, 0.3) is 10.8 Å². The molecule has 0 spiro atoms. The highest BCUT2D eigenvalue weighted by Crippen LogP contribution is 2.22. The fourth-order valence-corrected chi connectivity index (χ4v) is 2.79. The monoisotopic (exact) mass is 371 g/mol. The molecule has 3 rings (SSSR count). The zero-order valence-electron chi connectivity index (χ0n) is 13.7. The van der Waals surface area contributed by atoms with Gasteiger partial charge in [-0.1, -0.05) is 54.1 Å². The van der Waals surface area contributed by atoms with E-state index in [-0.39, 0.29) is 17.1 Å². The number of fused-ring (bicyclic) bond motifs is 1. The fraction of sp³-hybridized carbons (Fsp3) is 0.100. The number of anilines is 1. The molecule has 4 nitrogen and oxygen atoms in total. The number of benzene rings is 3. The summed E-state index contributed by atoms with van der Waals surface area (Å²) in [6.07, 6.45) is 0.0614. The van der Waals surface area contributed by atoms with Crippen LogP contribution in [0.3, 0.4) is 0 Å². The molecule has 0 aliphatic heterocycles. The summed E-state index contributed by atoms with van der Waals surface area (Å²) >= 11 is 5.84. The van der Waals surface area contributed by atoms with Gasteiger partial charge in [0.2, 0.25) is 0 Å². The van der Waals surface area contributed by atoms with Crippen LogP contribution < -0.4 is 5.32 Å². The smallest absolute Gasteiger partial charge is 0.310 e. The molecule has 1 N–H and O–H groups in total. The number of carbonyl (C=O) groups is 2. The van der Waals surface area contributed by atoms with Crippen LogP contribution in [0.15, 0.2) is 60.7 Å². The lowest BCUT2D eigenvalue weighted by atomic mass is 10.0. The molecule has 0 saturated heterocycles. The van der Waals surface area contributed by atoms with Crippen molar-refractivity contribution < 1.29 is 18.7 Å². The zero-order valence-corrected chi connectivity index (χ0v) is 14.4. The standard InChI is InChI=1S/C20H15ClFNO3/c21-17-11-15(22)8-9-18(17)23-19(24)12-26-20(25)10-14-6-3-5-13-4-1-2-7-16(13)14/h1-9,11H,10,12H2,(H,23,24). The van der Waals surface area contributed by atoms with Gasteiger partial charge in [0.25, 0.3) is 5.91 Å². The van der Waals surface area contributed by atoms with Crippen molar-refractivity contribution in [3.8, 4) is 0 Å². The maximum absolute atomic E-state index is 13.0. The summed E-state index contributed by atoms with van der Waals surface area (Å²) in [5.74, 6) is -1.57. The summed E-state index contributed by atoms with van der Waals surface area (Å²) in [4.78, 5) is 23.9. The number of ether oxygens (including phenoxy) is 1. The van der Waals surface area contributed by atoms with Crippen LogP contribution in [0.4, 0.5) is 10.1 Å². The summed E-state index contributed by atoms with van der Waals surface area (Å²) in [6, 6.07) is 17.0. The van der Waals surface area contributed by atoms with Gasteiger partial charge in [-0.05, 0) is 34.5 Å². The van der Waals surface area contributed by atoms with E-state index in [4.69, 9.17) is 16.3 Å². The van der Waals surface area contributed by atoms with E-state index >= 15 is 0 Å². The SMILES string of the molecule is O=C(COC(=O)Cc1cccc2ccccc12)Nc1ccc(F)cc1Cl. The molecular weight excluding hydrogens is 357 g/mol. The van der Waals surface area contributed by atoms with Gasteiger partial charge in [-0.3, -0.25) is 9.59 Å². The molecule has 0 atom stereocenters. The van der Waals surface area contributed by atoms with Gasteiger partial charge < -0.3 is 10.1 Å². The van der Waals surface area contributed by atoms with Crippen LogP contribution in [0.1, 0.15) is 5.56 Å². The topological polar surface area (TPSA) is 55.4 Å². The minimum Gasteiger partial charge on any atom is -0.455 e. The highest BCUT2D eigenvalue weighted by atomic mass is 35.5. The van der Waals surface area contributed by atoms with Crippen LogP contribution in [-0.2, 0) is 20.7 Å². The van der Waals surface area contributed by atoms with Gasteiger partial charge in [0, 0.05) is 0 Å². The minimum atomic E-state index is -0.551. The molecule has 132 valence electrons. The predicted octanol–water partition coefficient (Wildman–Crippen LogP) is 4.36. The van der Waals surface area contributed by atoms with E-state index in [1.54, 1.807) is 0 Å². The molecule has 0 aliphatic rings. The number of esters is 1. The first-order chi connectivity index (χ1) is 12.5. The summed E-state index contributed by atoms with van der Waals surface area (Å²) in [7, 11) is 0. The van der Waals surface area contributed by atoms with Gasteiger partial charge in [-0.15, -0.1) is 0 Å². The van der Waals surface area contributed by atoms with Crippen LogP contribution in [0.2, 0.25) is 5.02 Å². The van der Waals surface area contributed by atoms with Crippen molar-refractivity contribution in [2.75, 3.05) is 11.9 Å². The molecule has 0 fully saturated rings. The zero-order chi connectivity index (χ0) is 18.5. The maximum Gasteiger partial charge on any atom is 0.310 e. The third kappa shape index (κ3) is 4.37. The fourth-order valence-electron chi connectivity index (χ4n) is 2.58. The van der Waals surface area contributed by atoms with Crippen LogP contribution in [0, 0.1) is 5.82 Å². The minimum absolute atomic E-state index is 0.0614. The first-order valence-electron chi connectivity index (χ1n) is 7.90. The molecule has 0 aliphatic carbocycles. The van der Waals surface area contributed by atoms with Crippen LogP contribution >= 0.6 is 11.6 Å². The van der Waals surface area contributed by atoms with E-state index in [0.717, 1.165) is 22.4 Å². The maximum atomic E-state index is 13.0. The average molecular weight is 372 g/mol. The number of rotatable bonds is 5. The molecule has 26 heavy (non-hydrogen) atoms. The van der Waals surface area contributed by atoms with E-state index in [1.165, 1.54) is 12.1 Å². The van der Waals surface area contributed by atoms with E-state index in [0.29, 0.717) is 0 Å². The van der Waals surface area contributed by atoms with Gasteiger partial charge in [-0.25, -0.2) is 4.39 Å². The van der Waals surface area contributed by atoms with Gasteiger partial charge >= 0.3 is 5.97 Å². The Morgan fingerprint density at radius 2 is 1.81 bits per heavy atom. The molecule has 0 bridgehead atoms. The highest BCUT2D eigenvalue weighted by molar-refractivity contribution is 6.33. The lowest BCUT2D eigenvalue weighted by molar-refractivity contribution is -0.146. The number of amides is 1. The number of halogens is 2. The molecular formula is C20H15ClFNO3. The summed E-state index contributed by atoms with van der Waals surface area (Å²) in [5, 5.41) is 4.54. The van der Waals surface area contributed by atoms with E-state index in [9.17, 15) is 14.0 Å². The van der Waals surface area contributed by atoms with Crippen molar-refractivity contribution in [1.82, 2.24) is 0 Å². The molecule has 3 aromatic rings. The molecule has 0 heterocycles. The Kier molecular flexibility index (Phi) is 5.49. The van der Waals surface area contributed by atoms with Gasteiger partial charge in [0.05, 0.1) is 17.1 Å². The van der Waals surface area contributed by atoms with Crippen molar-refractivity contribution in [3.05, 3.63) is 77.1 Å². The Labute approximate surface area is 154 Å². The number of carbonyl (C=O) groups excluding carboxylic acids is 2. The van der Waals surface area contributed by atoms with E-state index in [1.807, 2.05) is 42.5 Å². The largest absolute Gasteiger partial charge is 0.455 e. The van der Waals surface area contributed by atoms with Gasteiger partial charge in [0.15, 0.2) is 6.61 Å². The van der Waals surface area contributed by atoms with Crippen molar-refractivity contribution in [1.29, 1.82) is 0 Å². The molecule has 0 unspecified atom stereocenters. The first kappa shape index (κ1) is 17.9. The second kappa shape index (κ2) is 7.97. The van der Waals surface area contributed by atoms with Gasteiger partial charge in [0.1, 0.15) is 5.82 Å². The molecule has 6 heteroatoms. The number of nitrogens with one attached hydrogen (secondary N) is 1. The second-order valence-electron chi connectivity index (χ2n) is 5.65. The Balaban J connectivity index is 1.57. The molecule has 1 amide bonds. The third-order valence-corrected chi connectivity index (χ3v) is 4.10. The Morgan fingerprint density at radius 1 is 1.04 bits per heavy atom. The molecule has 0 aromatic heterocycles. The van der Waals surface area contributed by atoms with Crippen molar-refractivity contribution in [3.63, 3.8) is 0 Å². The van der Waals surface area contributed by atoms with Crippen molar-refractivity contribution in [2.24, 2.45) is 0 Å². The Morgan fingerprint density at radius 3 is 2.62 bits per heavy atom. The molecule has 0 radical (unpaired) electrons. The quantitative estimate of drug-likeness (QED) is 0.678. The molecule has 0 saturated carbocycles. The average Bonchev–Trinajstić information content (AvgIpc) is 2.63.